The van der Waals surface area contributed by atoms with Gasteiger partial charge in [-0.05, 0) is 32.6 Å². The standard InChI is InChI=1S/C31H61N2/c1-4-6-8-10-11-12-13-14-15-16-17-18-19-20-21-22-23-25-27-32-28-29-33(30-32)31(3)26-24-9-7-5-2/h28-31H,4-27H2,1-3H3/q+1. The lowest BCUT2D eigenvalue weighted by Crippen LogP contribution is -2.31. The van der Waals surface area contributed by atoms with E-state index in [1.54, 1.807) is 0 Å². The molecule has 1 rings (SSSR count). The summed E-state index contributed by atoms with van der Waals surface area (Å²) in [5.41, 5.74) is 0. The van der Waals surface area contributed by atoms with Crippen LogP contribution < -0.4 is 4.57 Å². The van der Waals surface area contributed by atoms with Crippen LogP contribution in [0.3, 0.4) is 0 Å². The van der Waals surface area contributed by atoms with Crippen molar-refractivity contribution in [2.24, 2.45) is 0 Å². The van der Waals surface area contributed by atoms with Crippen molar-refractivity contribution < 1.29 is 4.57 Å². The van der Waals surface area contributed by atoms with E-state index in [2.05, 4.69) is 48.6 Å². The SMILES string of the molecule is CCCCCCCCCCCCCCCCCCCC[n+]1ccn(C(C)CCCCCC)c1. The molecule has 0 saturated carbocycles. The molecule has 0 N–H and O–H groups in total. The van der Waals surface area contributed by atoms with E-state index in [-0.39, 0.29) is 0 Å². The zero-order chi connectivity index (χ0) is 23.8. The molecule has 2 nitrogen and oxygen atoms in total. The van der Waals surface area contributed by atoms with Crippen LogP contribution in [-0.4, -0.2) is 4.57 Å². The highest BCUT2D eigenvalue weighted by Gasteiger charge is 2.11. The largest absolute Gasteiger partial charge is 0.243 e. The van der Waals surface area contributed by atoms with Crippen molar-refractivity contribution in [1.82, 2.24) is 4.57 Å². The van der Waals surface area contributed by atoms with Crippen LogP contribution in [0.5, 0.6) is 0 Å². The van der Waals surface area contributed by atoms with E-state index in [1.165, 1.54) is 154 Å². The zero-order valence-electron chi connectivity index (χ0n) is 23.2. The number of nitrogens with zero attached hydrogens (tertiary/aromatic N) is 2. The number of rotatable bonds is 25. The van der Waals surface area contributed by atoms with Crippen molar-refractivity contribution in [3.63, 3.8) is 0 Å². The van der Waals surface area contributed by atoms with Crippen LogP contribution >= 0.6 is 0 Å². The molecular weight excluding hydrogens is 400 g/mol. The zero-order valence-corrected chi connectivity index (χ0v) is 23.2. The fourth-order valence-electron chi connectivity index (χ4n) is 5.02. The molecule has 0 spiro atoms. The summed E-state index contributed by atoms with van der Waals surface area (Å²) >= 11 is 0. The molecule has 33 heavy (non-hydrogen) atoms. The van der Waals surface area contributed by atoms with Gasteiger partial charge in [0.1, 0.15) is 12.4 Å². The van der Waals surface area contributed by atoms with E-state index in [4.69, 9.17) is 0 Å². The van der Waals surface area contributed by atoms with Gasteiger partial charge in [-0.1, -0.05) is 136 Å². The molecule has 0 aliphatic heterocycles. The Hall–Kier alpha value is -0.790. The van der Waals surface area contributed by atoms with E-state index in [1.807, 2.05) is 0 Å². The van der Waals surface area contributed by atoms with Crippen LogP contribution in [0.15, 0.2) is 18.7 Å². The minimum atomic E-state index is 0.642. The van der Waals surface area contributed by atoms with Gasteiger partial charge >= 0.3 is 0 Å². The van der Waals surface area contributed by atoms with Crippen molar-refractivity contribution in [3.8, 4) is 0 Å². The third-order valence-corrected chi connectivity index (χ3v) is 7.47. The molecule has 0 aromatic carbocycles. The number of hydrogen-bond acceptors (Lipinski definition) is 0. The first-order valence-electron chi connectivity index (χ1n) is 15.3. The van der Waals surface area contributed by atoms with E-state index in [0.29, 0.717) is 6.04 Å². The molecule has 0 saturated heterocycles. The molecule has 0 bridgehead atoms. The van der Waals surface area contributed by atoms with Gasteiger partial charge in [-0.2, -0.15) is 0 Å². The second-order valence-electron chi connectivity index (χ2n) is 10.8. The molecule has 1 aromatic heterocycles. The maximum Gasteiger partial charge on any atom is 0.243 e. The average Bonchev–Trinajstić information content (AvgIpc) is 3.30. The topological polar surface area (TPSA) is 8.81 Å². The summed E-state index contributed by atoms with van der Waals surface area (Å²) in [5.74, 6) is 0. The second-order valence-corrected chi connectivity index (χ2v) is 10.8. The molecule has 1 atom stereocenters. The summed E-state index contributed by atoms with van der Waals surface area (Å²) in [6, 6.07) is 0.642. The first kappa shape index (κ1) is 30.2. The van der Waals surface area contributed by atoms with Crippen LogP contribution in [0.25, 0.3) is 0 Å². The van der Waals surface area contributed by atoms with Crippen molar-refractivity contribution in [3.05, 3.63) is 18.7 Å². The van der Waals surface area contributed by atoms with Gasteiger partial charge in [-0.3, -0.25) is 0 Å². The van der Waals surface area contributed by atoms with Crippen LogP contribution in [0.2, 0.25) is 0 Å². The molecule has 0 fully saturated rings. The molecule has 1 heterocycles. The lowest BCUT2D eigenvalue weighted by molar-refractivity contribution is -0.697. The van der Waals surface area contributed by atoms with Crippen molar-refractivity contribution in [2.45, 2.75) is 181 Å². The van der Waals surface area contributed by atoms with Gasteiger partial charge in [-0.15, -0.1) is 0 Å². The monoisotopic (exact) mass is 461 g/mol. The van der Waals surface area contributed by atoms with E-state index in [9.17, 15) is 0 Å². The quantitative estimate of drug-likeness (QED) is 0.101. The number of unbranched alkanes of at least 4 members (excludes halogenated alkanes) is 20. The van der Waals surface area contributed by atoms with E-state index in [0.717, 1.165) is 0 Å². The molecule has 194 valence electrons. The third-order valence-electron chi connectivity index (χ3n) is 7.47. The molecule has 1 aromatic rings. The van der Waals surface area contributed by atoms with E-state index < -0.39 is 0 Å². The maximum absolute atomic E-state index is 2.42. The van der Waals surface area contributed by atoms with Gasteiger partial charge in [0.05, 0.1) is 12.6 Å². The number of imidazole rings is 1. The van der Waals surface area contributed by atoms with Gasteiger partial charge < -0.3 is 0 Å². The first-order chi connectivity index (χ1) is 16.3. The Morgan fingerprint density at radius 1 is 0.545 bits per heavy atom. The van der Waals surface area contributed by atoms with Crippen LogP contribution in [0.4, 0.5) is 0 Å². The average molecular weight is 462 g/mol. The Kier molecular flexibility index (Phi) is 21.1. The van der Waals surface area contributed by atoms with Crippen molar-refractivity contribution in [1.29, 1.82) is 0 Å². The van der Waals surface area contributed by atoms with Crippen LogP contribution in [0, 0.1) is 0 Å². The Labute approximate surface area is 208 Å². The normalized spacial score (nSPS) is 12.5. The van der Waals surface area contributed by atoms with Crippen molar-refractivity contribution in [2.75, 3.05) is 0 Å². The molecular formula is C31H61N2+. The molecule has 1 unspecified atom stereocenters. The minimum Gasteiger partial charge on any atom is -0.237 e. The fourth-order valence-corrected chi connectivity index (χ4v) is 5.02. The molecule has 0 aliphatic rings. The summed E-state index contributed by atoms with van der Waals surface area (Å²) in [6.07, 6.45) is 39.7. The highest BCUT2D eigenvalue weighted by molar-refractivity contribution is 4.72. The van der Waals surface area contributed by atoms with Gasteiger partial charge in [-0.25, -0.2) is 9.13 Å². The molecule has 0 radical (unpaired) electrons. The first-order valence-corrected chi connectivity index (χ1v) is 15.3. The maximum atomic E-state index is 2.42. The lowest BCUT2D eigenvalue weighted by Gasteiger charge is -2.07. The summed E-state index contributed by atoms with van der Waals surface area (Å²) in [6.45, 7) is 8.15. The number of aromatic nitrogens is 2. The Morgan fingerprint density at radius 3 is 1.39 bits per heavy atom. The van der Waals surface area contributed by atoms with Crippen LogP contribution in [0.1, 0.15) is 174 Å². The lowest BCUT2D eigenvalue weighted by atomic mass is 10.0. The predicted molar refractivity (Wildman–Crippen MR) is 147 cm³/mol. The van der Waals surface area contributed by atoms with Gasteiger partial charge in [0.15, 0.2) is 0 Å². The Balaban J connectivity index is 1.83. The molecule has 2 heteroatoms. The highest BCUT2D eigenvalue weighted by atomic mass is 15.1. The fraction of sp³-hybridized carbons (Fsp3) is 0.903. The summed E-state index contributed by atoms with van der Waals surface area (Å²) < 4.78 is 4.82. The van der Waals surface area contributed by atoms with Gasteiger partial charge in [0.2, 0.25) is 6.33 Å². The van der Waals surface area contributed by atoms with Gasteiger partial charge in [0.25, 0.3) is 0 Å². The molecule has 0 amide bonds. The molecule has 0 aliphatic carbocycles. The minimum absolute atomic E-state index is 0.642. The number of aryl methyl sites for hydroxylation is 1. The van der Waals surface area contributed by atoms with Crippen LogP contribution in [-0.2, 0) is 6.54 Å². The predicted octanol–water partition coefficient (Wildman–Crippen LogP) is 10.3. The third kappa shape index (κ3) is 18.2. The second kappa shape index (κ2) is 23.0. The Morgan fingerprint density at radius 2 is 0.939 bits per heavy atom. The summed E-state index contributed by atoms with van der Waals surface area (Å²) in [5, 5.41) is 0. The van der Waals surface area contributed by atoms with Gasteiger partial charge in [0, 0.05) is 0 Å². The smallest absolute Gasteiger partial charge is 0.237 e. The van der Waals surface area contributed by atoms with Crippen molar-refractivity contribution >= 4 is 0 Å². The summed E-state index contributed by atoms with van der Waals surface area (Å²) in [7, 11) is 0. The highest BCUT2D eigenvalue weighted by Crippen LogP contribution is 2.16. The van der Waals surface area contributed by atoms with E-state index >= 15 is 0 Å². The Bertz CT molecular complexity index is 507. The number of hydrogen-bond donors (Lipinski definition) is 0. The summed E-state index contributed by atoms with van der Waals surface area (Å²) in [4.78, 5) is 0.